The van der Waals surface area contributed by atoms with Crippen LogP contribution < -0.4 is 5.32 Å². The lowest BCUT2D eigenvalue weighted by molar-refractivity contribution is -0.131. The molecule has 0 bridgehead atoms. The van der Waals surface area contributed by atoms with E-state index < -0.39 is 0 Å². The molecule has 0 heterocycles. The number of rotatable bonds is 7. The molecule has 1 N–H and O–H groups in total. The second kappa shape index (κ2) is 7.82. The van der Waals surface area contributed by atoms with E-state index in [0.717, 1.165) is 12.0 Å². The van der Waals surface area contributed by atoms with Crippen LogP contribution in [0.25, 0.3) is 0 Å². The highest BCUT2D eigenvalue weighted by Gasteiger charge is 2.38. The van der Waals surface area contributed by atoms with Crippen molar-refractivity contribution in [2.24, 2.45) is 11.8 Å². The Kier molecular flexibility index (Phi) is 5.81. The van der Waals surface area contributed by atoms with Gasteiger partial charge < -0.3 is 10.2 Å². The lowest BCUT2D eigenvalue weighted by atomic mass is 10.1. The van der Waals surface area contributed by atoms with Gasteiger partial charge in [-0.25, -0.2) is 0 Å². The molecule has 1 aliphatic rings. The third-order valence-electron chi connectivity index (χ3n) is 4.21. The van der Waals surface area contributed by atoms with Gasteiger partial charge in [-0.2, -0.15) is 0 Å². The van der Waals surface area contributed by atoms with Gasteiger partial charge in [-0.15, -0.1) is 6.42 Å². The van der Waals surface area contributed by atoms with E-state index in [9.17, 15) is 9.59 Å². The quantitative estimate of drug-likeness (QED) is 0.784. The molecule has 1 saturated carbocycles. The minimum absolute atomic E-state index is 0.0346. The van der Waals surface area contributed by atoms with Gasteiger partial charge in [0.15, 0.2) is 0 Å². The van der Waals surface area contributed by atoms with E-state index in [1.807, 2.05) is 31.2 Å². The van der Waals surface area contributed by atoms with Gasteiger partial charge in [0.2, 0.25) is 11.8 Å². The van der Waals surface area contributed by atoms with Crippen molar-refractivity contribution < 1.29 is 9.59 Å². The molecule has 122 valence electrons. The first-order valence-corrected chi connectivity index (χ1v) is 8.05. The molecule has 2 rings (SSSR count). The topological polar surface area (TPSA) is 49.4 Å². The highest BCUT2D eigenvalue weighted by Crippen LogP contribution is 2.37. The molecule has 2 atom stereocenters. The molecule has 1 aromatic carbocycles. The Labute approximate surface area is 138 Å². The van der Waals surface area contributed by atoms with Gasteiger partial charge in [-0.05, 0) is 24.8 Å². The number of nitrogens with zero attached hydrogens (tertiary/aromatic N) is 1. The largest absolute Gasteiger partial charge is 0.355 e. The van der Waals surface area contributed by atoms with E-state index in [-0.39, 0.29) is 30.7 Å². The van der Waals surface area contributed by atoms with Crippen LogP contribution in [0.15, 0.2) is 24.3 Å². The van der Waals surface area contributed by atoms with Crippen LogP contribution in [0.1, 0.15) is 30.9 Å². The van der Waals surface area contributed by atoms with Crippen LogP contribution >= 0.6 is 0 Å². The summed E-state index contributed by atoms with van der Waals surface area (Å²) in [4.78, 5) is 25.7. The monoisotopic (exact) mass is 312 g/mol. The van der Waals surface area contributed by atoms with Crippen LogP contribution in [0.4, 0.5) is 0 Å². The summed E-state index contributed by atoms with van der Waals surface area (Å²) in [5.74, 6) is 3.17. The Morgan fingerprint density at radius 1 is 1.35 bits per heavy atom. The number of aryl methyl sites for hydroxylation is 1. The Hall–Kier alpha value is -2.28. The SMILES string of the molecule is C#CCN(Cc1ccc(C)cc1)C(=O)CCNC(=O)[C@@H]1C[C@H]1C. The van der Waals surface area contributed by atoms with E-state index in [4.69, 9.17) is 6.42 Å². The van der Waals surface area contributed by atoms with Gasteiger partial charge in [-0.3, -0.25) is 9.59 Å². The zero-order chi connectivity index (χ0) is 16.8. The van der Waals surface area contributed by atoms with Crippen molar-refractivity contribution in [2.75, 3.05) is 13.1 Å². The number of amides is 2. The second-order valence-electron chi connectivity index (χ2n) is 6.30. The molecule has 0 aromatic heterocycles. The standard InChI is InChI=1S/C19H24N2O2/c1-4-11-21(13-16-7-5-14(2)6-8-16)18(22)9-10-20-19(23)17-12-15(17)3/h1,5-8,15,17H,9-13H2,2-3H3,(H,20,23)/t15-,17-/m1/s1. The van der Waals surface area contributed by atoms with Crippen molar-refractivity contribution in [3.63, 3.8) is 0 Å². The Balaban J connectivity index is 1.81. The van der Waals surface area contributed by atoms with E-state index in [2.05, 4.69) is 18.2 Å². The molecule has 2 amide bonds. The number of carbonyl (C=O) groups is 2. The molecular weight excluding hydrogens is 288 g/mol. The molecule has 1 aromatic rings. The van der Waals surface area contributed by atoms with Gasteiger partial charge in [0.25, 0.3) is 0 Å². The van der Waals surface area contributed by atoms with E-state index >= 15 is 0 Å². The normalized spacial score (nSPS) is 18.8. The summed E-state index contributed by atoms with van der Waals surface area (Å²) in [5, 5.41) is 2.84. The molecule has 4 nitrogen and oxygen atoms in total. The molecule has 0 unspecified atom stereocenters. The van der Waals surface area contributed by atoms with Crippen molar-refractivity contribution in [1.82, 2.24) is 10.2 Å². The fourth-order valence-corrected chi connectivity index (χ4v) is 2.53. The van der Waals surface area contributed by atoms with Crippen LogP contribution in [0.2, 0.25) is 0 Å². The summed E-state index contributed by atoms with van der Waals surface area (Å²) >= 11 is 0. The van der Waals surface area contributed by atoms with Gasteiger partial charge in [0.1, 0.15) is 0 Å². The van der Waals surface area contributed by atoms with Crippen molar-refractivity contribution in [3.05, 3.63) is 35.4 Å². The predicted molar refractivity (Wildman–Crippen MR) is 90.3 cm³/mol. The highest BCUT2D eigenvalue weighted by atomic mass is 16.2. The number of terminal acetylenes is 1. The smallest absolute Gasteiger partial charge is 0.225 e. The number of nitrogens with one attached hydrogen (secondary N) is 1. The van der Waals surface area contributed by atoms with E-state index in [0.29, 0.717) is 19.0 Å². The third kappa shape index (κ3) is 5.14. The molecular formula is C19H24N2O2. The average molecular weight is 312 g/mol. The maximum absolute atomic E-state index is 12.3. The van der Waals surface area contributed by atoms with Gasteiger partial charge in [0, 0.05) is 25.4 Å². The first-order valence-electron chi connectivity index (χ1n) is 8.05. The Morgan fingerprint density at radius 3 is 2.57 bits per heavy atom. The number of hydrogen-bond acceptors (Lipinski definition) is 2. The molecule has 0 spiro atoms. The maximum atomic E-state index is 12.3. The predicted octanol–water partition coefficient (Wildman–Crippen LogP) is 2.12. The average Bonchev–Trinajstić information content (AvgIpc) is 3.26. The van der Waals surface area contributed by atoms with Crippen LogP contribution in [-0.4, -0.2) is 29.8 Å². The van der Waals surface area contributed by atoms with Crippen LogP contribution in [0.3, 0.4) is 0 Å². The number of hydrogen-bond donors (Lipinski definition) is 1. The summed E-state index contributed by atoms with van der Waals surface area (Å²) in [5.41, 5.74) is 2.23. The van der Waals surface area contributed by atoms with Crippen LogP contribution in [0, 0.1) is 31.1 Å². The lowest BCUT2D eigenvalue weighted by Gasteiger charge is -2.20. The fraction of sp³-hybridized carbons (Fsp3) is 0.474. The highest BCUT2D eigenvalue weighted by molar-refractivity contribution is 5.82. The minimum Gasteiger partial charge on any atom is -0.355 e. The molecule has 1 fully saturated rings. The van der Waals surface area contributed by atoms with Crippen molar-refractivity contribution >= 4 is 11.8 Å². The Bertz CT molecular complexity index is 601. The zero-order valence-corrected chi connectivity index (χ0v) is 13.8. The van der Waals surface area contributed by atoms with E-state index in [1.54, 1.807) is 4.90 Å². The first-order chi connectivity index (χ1) is 11.0. The number of carbonyl (C=O) groups excluding carboxylic acids is 2. The van der Waals surface area contributed by atoms with E-state index in [1.165, 1.54) is 5.56 Å². The molecule has 0 saturated heterocycles. The summed E-state index contributed by atoms with van der Waals surface area (Å²) in [6, 6.07) is 8.04. The third-order valence-corrected chi connectivity index (χ3v) is 4.21. The summed E-state index contributed by atoms with van der Waals surface area (Å²) < 4.78 is 0. The maximum Gasteiger partial charge on any atom is 0.225 e. The molecule has 23 heavy (non-hydrogen) atoms. The van der Waals surface area contributed by atoms with Crippen molar-refractivity contribution in [3.8, 4) is 12.3 Å². The van der Waals surface area contributed by atoms with Gasteiger partial charge >= 0.3 is 0 Å². The van der Waals surface area contributed by atoms with Gasteiger partial charge in [-0.1, -0.05) is 42.7 Å². The zero-order valence-electron chi connectivity index (χ0n) is 13.8. The summed E-state index contributed by atoms with van der Waals surface area (Å²) in [6.07, 6.45) is 6.60. The summed E-state index contributed by atoms with van der Waals surface area (Å²) in [6.45, 7) is 5.23. The van der Waals surface area contributed by atoms with Crippen molar-refractivity contribution in [1.29, 1.82) is 0 Å². The molecule has 1 aliphatic carbocycles. The van der Waals surface area contributed by atoms with Crippen molar-refractivity contribution in [2.45, 2.75) is 33.2 Å². The van der Waals surface area contributed by atoms with Gasteiger partial charge in [0.05, 0.1) is 6.54 Å². The van der Waals surface area contributed by atoms with Crippen LogP contribution in [0.5, 0.6) is 0 Å². The Morgan fingerprint density at radius 2 is 2.00 bits per heavy atom. The second-order valence-corrected chi connectivity index (χ2v) is 6.30. The fourth-order valence-electron chi connectivity index (χ4n) is 2.53. The molecule has 4 heteroatoms. The lowest BCUT2D eigenvalue weighted by Crippen LogP contribution is -2.35. The summed E-state index contributed by atoms with van der Waals surface area (Å²) in [7, 11) is 0. The minimum atomic E-state index is -0.0346. The van der Waals surface area contributed by atoms with Crippen LogP contribution in [-0.2, 0) is 16.1 Å². The molecule has 0 radical (unpaired) electrons. The molecule has 0 aliphatic heterocycles. The number of benzene rings is 1. The first kappa shape index (κ1) is 17.1.